The van der Waals surface area contributed by atoms with E-state index in [9.17, 15) is 0 Å². The quantitative estimate of drug-likeness (QED) is 0.745. The van der Waals surface area contributed by atoms with Crippen molar-refractivity contribution in [2.75, 3.05) is 0 Å². The third-order valence-corrected chi connectivity index (χ3v) is 2.26. The van der Waals surface area contributed by atoms with Crippen molar-refractivity contribution in [3.63, 3.8) is 0 Å². The molecule has 3 heteroatoms. The van der Waals surface area contributed by atoms with E-state index in [0.717, 1.165) is 12.0 Å². The highest BCUT2D eigenvalue weighted by molar-refractivity contribution is 5.05. The summed E-state index contributed by atoms with van der Waals surface area (Å²) in [7, 11) is 0. The molecule has 0 N–H and O–H groups in total. The third kappa shape index (κ3) is 4.28. The molecule has 84 valence electrons. The van der Waals surface area contributed by atoms with Crippen molar-refractivity contribution in [3.8, 4) is 6.01 Å². The summed E-state index contributed by atoms with van der Waals surface area (Å²) >= 11 is 0. The van der Waals surface area contributed by atoms with Gasteiger partial charge in [0.15, 0.2) is 0 Å². The molecule has 0 bridgehead atoms. The van der Waals surface area contributed by atoms with Gasteiger partial charge in [-0.05, 0) is 39.2 Å². The summed E-state index contributed by atoms with van der Waals surface area (Å²) < 4.78 is 5.74. The van der Waals surface area contributed by atoms with Gasteiger partial charge >= 0.3 is 6.01 Å². The van der Waals surface area contributed by atoms with Gasteiger partial charge < -0.3 is 4.74 Å². The topological polar surface area (TPSA) is 35.0 Å². The number of hydrogen-bond donors (Lipinski definition) is 0. The van der Waals surface area contributed by atoms with Gasteiger partial charge in [-0.3, -0.25) is 0 Å². The Hall–Kier alpha value is -1.12. The molecule has 0 aromatic carbocycles. The highest BCUT2D eigenvalue weighted by Crippen LogP contribution is 2.19. The molecule has 3 nitrogen and oxygen atoms in total. The minimum absolute atomic E-state index is 0.175. The minimum Gasteiger partial charge on any atom is -0.457 e. The summed E-state index contributed by atoms with van der Waals surface area (Å²) in [6.45, 7) is 8.29. The summed E-state index contributed by atoms with van der Waals surface area (Å²) in [5.41, 5.74) is 0.874. The summed E-state index contributed by atoms with van der Waals surface area (Å²) in [5.74, 6) is 0. The normalized spacial score (nSPS) is 11.5. The van der Waals surface area contributed by atoms with Crippen LogP contribution in [0.25, 0.3) is 0 Å². The molecule has 1 rings (SSSR count). The average molecular weight is 208 g/mol. The number of hydrogen-bond acceptors (Lipinski definition) is 3. The summed E-state index contributed by atoms with van der Waals surface area (Å²) in [4.78, 5) is 8.28. The Morgan fingerprint density at radius 3 is 2.40 bits per heavy atom. The number of aromatic nitrogens is 2. The maximum Gasteiger partial charge on any atom is 0.316 e. The van der Waals surface area contributed by atoms with Crippen molar-refractivity contribution >= 4 is 0 Å². The van der Waals surface area contributed by atoms with Crippen LogP contribution in [0.2, 0.25) is 0 Å². The lowest BCUT2D eigenvalue weighted by Gasteiger charge is -2.24. The van der Waals surface area contributed by atoms with E-state index < -0.39 is 0 Å². The monoisotopic (exact) mass is 208 g/mol. The van der Waals surface area contributed by atoms with Gasteiger partial charge in [-0.25, -0.2) is 9.97 Å². The first-order valence-corrected chi connectivity index (χ1v) is 5.51. The molecule has 15 heavy (non-hydrogen) atoms. The van der Waals surface area contributed by atoms with Gasteiger partial charge in [0, 0.05) is 12.4 Å². The zero-order valence-corrected chi connectivity index (χ0v) is 10.1. The Bertz CT molecular complexity index is 293. The first-order valence-electron chi connectivity index (χ1n) is 5.51. The van der Waals surface area contributed by atoms with Gasteiger partial charge in [-0.2, -0.15) is 0 Å². The van der Waals surface area contributed by atoms with Crippen LogP contribution < -0.4 is 4.74 Å². The number of nitrogens with zero attached hydrogens (tertiary/aromatic N) is 2. The van der Waals surface area contributed by atoms with Gasteiger partial charge in [0.2, 0.25) is 0 Å². The van der Waals surface area contributed by atoms with E-state index in [1.165, 1.54) is 12.8 Å². The van der Waals surface area contributed by atoms with Crippen LogP contribution in [-0.4, -0.2) is 15.6 Å². The Morgan fingerprint density at radius 2 is 1.87 bits per heavy atom. The molecule has 0 spiro atoms. The molecule has 1 aromatic heterocycles. The van der Waals surface area contributed by atoms with Gasteiger partial charge in [0.1, 0.15) is 5.60 Å². The lowest BCUT2D eigenvalue weighted by Crippen LogP contribution is -2.28. The minimum atomic E-state index is -0.175. The predicted molar refractivity (Wildman–Crippen MR) is 61.0 cm³/mol. The lowest BCUT2D eigenvalue weighted by atomic mass is 10.0. The van der Waals surface area contributed by atoms with Crippen molar-refractivity contribution in [2.45, 2.75) is 52.6 Å². The second kappa shape index (κ2) is 5.10. The average Bonchev–Trinajstić information content (AvgIpc) is 2.18. The molecular weight excluding hydrogens is 188 g/mol. The molecule has 0 aliphatic heterocycles. The van der Waals surface area contributed by atoms with Crippen LogP contribution in [0.5, 0.6) is 6.01 Å². The largest absolute Gasteiger partial charge is 0.457 e. The smallest absolute Gasteiger partial charge is 0.316 e. The maximum absolute atomic E-state index is 5.74. The van der Waals surface area contributed by atoms with E-state index in [4.69, 9.17) is 4.74 Å². The molecule has 0 radical (unpaired) electrons. The zero-order chi connectivity index (χ0) is 11.3. The van der Waals surface area contributed by atoms with Crippen LogP contribution in [-0.2, 0) is 0 Å². The Kier molecular flexibility index (Phi) is 4.06. The van der Waals surface area contributed by atoms with Crippen molar-refractivity contribution in [2.24, 2.45) is 0 Å². The number of rotatable bonds is 5. The first kappa shape index (κ1) is 12.0. The predicted octanol–water partition coefficient (Wildman–Crippen LogP) is 3.13. The SMILES string of the molecule is CCCCC(C)(C)Oc1ncc(C)cn1. The molecule has 0 unspecified atom stereocenters. The highest BCUT2D eigenvalue weighted by Gasteiger charge is 2.20. The first-order chi connectivity index (χ1) is 7.03. The summed E-state index contributed by atoms with van der Waals surface area (Å²) in [5, 5.41) is 0. The molecule has 0 aliphatic rings. The third-order valence-electron chi connectivity index (χ3n) is 2.26. The second-order valence-corrected chi connectivity index (χ2v) is 4.51. The van der Waals surface area contributed by atoms with E-state index in [0.29, 0.717) is 6.01 Å². The molecule has 0 saturated carbocycles. The van der Waals surface area contributed by atoms with E-state index in [2.05, 4.69) is 30.7 Å². The van der Waals surface area contributed by atoms with Gasteiger partial charge in [0.25, 0.3) is 0 Å². The highest BCUT2D eigenvalue weighted by atomic mass is 16.5. The van der Waals surface area contributed by atoms with Gasteiger partial charge in [-0.15, -0.1) is 0 Å². The Morgan fingerprint density at radius 1 is 1.27 bits per heavy atom. The van der Waals surface area contributed by atoms with Crippen LogP contribution in [0.1, 0.15) is 45.6 Å². The molecule has 0 amide bonds. The summed E-state index contributed by atoms with van der Waals surface area (Å²) in [6, 6.07) is 0.474. The molecule has 0 saturated heterocycles. The number of aryl methyl sites for hydroxylation is 1. The van der Waals surface area contributed by atoms with Crippen molar-refractivity contribution < 1.29 is 4.74 Å². The summed E-state index contributed by atoms with van der Waals surface area (Å²) in [6.07, 6.45) is 6.93. The van der Waals surface area contributed by atoms with Gasteiger partial charge in [0.05, 0.1) is 0 Å². The van der Waals surface area contributed by atoms with Crippen molar-refractivity contribution in [1.82, 2.24) is 9.97 Å². The van der Waals surface area contributed by atoms with E-state index in [1.807, 2.05) is 6.92 Å². The molecule has 1 heterocycles. The van der Waals surface area contributed by atoms with Crippen LogP contribution in [0.4, 0.5) is 0 Å². The number of unbranched alkanes of at least 4 members (excludes halogenated alkanes) is 1. The fourth-order valence-corrected chi connectivity index (χ4v) is 1.33. The number of ether oxygens (including phenoxy) is 1. The fraction of sp³-hybridized carbons (Fsp3) is 0.667. The van der Waals surface area contributed by atoms with Crippen LogP contribution in [0.3, 0.4) is 0 Å². The van der Waals surface area contributed by atoms with E-state index in [1.54, 1.807) is 12.4 Å². The molecule has 0 atom stereocenters. The lowest BCUT2D eigenvalue weighted by molar-refractivity contribution is 0.0846. The van der Waals surface area contributed by atoms with Gasteiger partial charge in [-0.1, -0.05) is 13.3 Å². The van der Waals surface area contributed by atoms with Crippen LogP contribution >= 0.6 is 0 Å². The maximum atomic E-state index is 5.74. The van der Waals surface area contributed by atoms with Crippen LogP contribution in [0, 0.1) is 6.92 Å². The standard InChI is InChI=1S/C12H20N2O/c1-5-6-7-12(3,4)15-11-13-8-10(2)9-14-11/h8-9H,5-7H2,1-4H3. The molecule has 1 aromatic rings. The van der Waals surface area contributed by atoms with Crippen molar-refractivity contribution in [3.05, 3.63) is 18.0 Å². The molecule has 0 aliphatic carbocycles. The Labute approximate surface area is 91.9 Å². The molecular formula is C12H20N2O. The zero-order valence-electron chi connectivity index (χ0n) is 10.1. The van der Waals surface area contributed by atoms with Crippen LogP contribution in [0.15, 0.2) is 12.4 Å². The Balaban J connectivity index is 2.56. The fourth-order valence-electron chi connectivity index (χ4n) is 1.33. The van der Waals surface area contributed by atoms with Crippen molar-refractivity contribution in [1.29, 1.82) is 0 Å². The molecule has 0 fully saturated rings. The van der Waals surface area contributed by atoms with E-state index in [-0.39, 0.29) is 5.60 Å². The van der Waals surface area contributed by atoms with E-state index >= 15 is 0 Å². The second-order valence-electron chi connectivity index (χ2n) is 4.51.